The van der Waals surface area contributed by atoms with Crippen molar-refractivity contribution in [2.75, 3.05) is 7.11 Å². The number of ether oxygens (including phenoxy) is 2. The van der Waals surface area contributed by atoms with Crippen LogP contribution in [0.15, 0.2) is 59.2 Å². The molecular formula is C21H18F3NO5. The molecule has 0 spiro atoms. The van der Waals surface area contributed by atoms with Gasteiger partial charge in [-0.2, -0.15) is 13.2 Å². The number of nitrogens with zero attached hydrogens (tertiary/aromatic N) is 1. The van der Waals surface area contributed by atoms with Crippen LogP contribution in [0.3, 0.4) is 0 Å². The second-order valence-electron chi connectivity index (χ2n) is 6.40. The molecule has 1 heterocycles. The minimum atomic E-state index is -4.49. The Bertz CT molecular complexity index is 1020. The third-order valence-corrected chi connectivity index (χ3v) is 4.19. The molecule has 0 aliphatic heterocycles. The summed E-state index contributed by atoms with van der Waals surface area (Å²) in [5.74, 6) is -0.302. The standard InChI is InChI=1S/C21H18F3NO5/c1-28-17-7-2-4-13(8-17)9-18(26)20(27)30-12-16-11-29-19(25-16)14-5-3-6-15(10-14)21(22,23)24/h2-8,10-11,18,26H,9,12H2,1H3. The third-order valence-electron chi connectivity index (χ3n) is 4.19. The van der Waals surface area contributed by atoms with Gasteiger partial charge in [-0.3, -0.25) is 0 Å². The average molecular weight is 421 g/mol. The van der Waals surface area contributed by atoms with Gasteiger partial charge in [0.05, 0.1) is 12.7 Å². The molecule has 0 fully saturated rings. The summed E-state index contributed by atoms with van der Waals surface area (Å²) in [5, 5.41) is 10.0. The van der Waals surface area contributed by atoms with Crippen LogP contribution in [0.4, 0.5) is 13.2 Å². The Kier molecular flexibility index (Phi) is 6.41. The largest absolute Gasteiger partial charge is 0.497 e. The maximum atomic E-state index is 12.8. The fourth-order valence-corrected chi connectivity index (χ4v) is 2.68. The molecule has 3 rings (SSSR count). The number of hydrogen-bond acceptors (Lipinski definition) is 6. The summed E-state index contributed by atoms with van der Waals surface area (Å²) in [6.07, 6.45) is -4.67. The molecule has 0 saturated heterocycles. The van der Waals surface area contributed by atoms with Gasteiger partial charge in [0.15, 0.2) is 6.10 Å². The van der Waals surface area contributed by atoms with Gasteiger partial charge in [-0.25, -0.2) is 9.78 Å². The number of halogens is 3. The lowest BCUT2D eigenvalue weighted by Gasteiger charge is -2.10. The molecule has 1 unspecified atom stereocenters. The van der Waals surface area contributed by atoms with Gasteiger partial charge in [0, 0.05) is 12.0 Å². The number of carbonyl (C=O) groups excluding carboxylic acids is 1. The fourth-order valence-electron chi connectivity index (χ4n) is 2.68. The van der Waals surface area contributed by atoms with E-state index in [1.54, 1.807) is 24.3 Å². The van der Waals surface area contributed by atoms with Crippen LogP contribution in [0.2, 0.25) is 0 Å². The van der Waals surface area contributed by atoms with E-state index in [1.807, 2.05) is 0 Å². The minimum absolute atomic E-state index is 0.0321. The van der Waals surface area contributed by atoms with Crippen LogP contribution in [0, 0.1) is 0 Å². The number of aliphatic hydroxyl groups excluding tert-OH is 1. The SMILES string of the molecule is COc1cccc(CC(O)C(=O)OCc2coc(-c3cccc(C(F)(F)F)c3)n2)c1. The van der Waals surface area contributed by atoms with Crippen LogP contribution < -0.4 is 4.74 Å². The van der Waals surface area contributed by atoms with Crippen molar-refractivity contribution in [3.05, 3.63) is 71.6 Å². The van der Waals surface area contributed by atoms with E-state index in [2.05, 4.69) is 4.98 Å². The fraction of sp³-hybridized carbons (Fsp3) is 0.238. The Morgan fingerprint density at radius 2 is 1.97 bits per heavy atom. The van der Waals surface area contributed by atoms with Crippen LogP contribution >= 0.6 is 0 Å². The minimum Gasteiger partial charge on any atom is -0.497 e. The zero-order chi connectivity index (χ0) is 21.7. The number of hydrogen-bond donors (Lipinski definition) is 1. The van der Waals surface area contributed by atoms with Gasteiger partial charge in [0.2, 0.25) is 5.89 Å². The number of esters is 1. The van der Waals surface area contributed by atoms with Gasteiger partial charge >= 0.3 is 12.1 Å². The Hall–Kier alpha value is -3.33. The van der Waals surface area contributed by atoms with Crippen LogP contribution in [-0.4, -0.2) is 29.3 Å². The van der Waals surface area contributed by atoms with Crippen molar-refractivity contribution >= 4 is 5.97 Å². The lowest BCUT2D eigenvalue weighted by Crippen LogP contribution is -2.25. The highest BCUT2D eigenvalue weighted by molar-refractivity contribution is 5.74. The lowest BCUT2D eigenvalue weighted by atomic mass is 10.1. The van der Waals surface area contributed by atoms with Crippen LogP contribution in [-0.2, 0) is 28.7 Å². The van der Waals surface area contributed by atoms with Crippen LogP contribution in [0.25, 0.3) is 11.5 Å². The third kappa shape index (κ3) is 5.38. The van der Waals surface area contributed by atoms with E-state index >= 15 is 0 Å². The normalized spacial score (nSPS) is 12.4. The van der Waals surface area contributed by atoms with Crippen molar-refractivity contribution in [3.8, 4) is 17.2 Å². The first-order valence-electron chi connectivity index (χ1n) is 8.86. The number of benzene rings is 2. The highest BCUT2D eigenvalue weighted by Gasteiger charge is 2.30. The zero-order valence-electron chi connectivity index (χ0n) is 15.8. The molecule has 1 atom stereocenters. The molecule has 30 heavy (non-hydrogen) atoms. The predicted octanol–water partition coefficient (Wildman–Crippen LogP) is 4.02. The van der Waals surface area contributed by atoms with E-state index < -0.39 is 23.8 Å². The van der Waals surface area contributed by atoms with Gasteiger partial charge in [-0.15, -0.1) is 0 Å². The molecule has 0 aliphatic carbocycles. The molecule has 9 heteroatoms. The Labute approximate surface area is 169 Å². The maximum Gasteiger partial charge on any atom is 0.416 e. The van der Waals surface area contributed by atoms with Crippen molar-refractivity contribution < 1.29 is 37.0 Å². The van der Waals surface area contributed by atoms with E-state index in [4.69, 9.17) is 13.9 Å². The van der Waals surface area contributed by atoms with Crippen molar-refractivity contribution in [1.82, 2.24) is 4.98 Å². The Balaban J connectivity index is 1.59. The first kappa shape index (κ1) is 21.4. The summed E-state index contributed by atoms with van der Waals surface area (Å²) < 4.78 is 53.8. The molecular weight excluding hydrogens is 403 g/mol. The number of carbonyl (C=O) groups is 1. The highest BCUT2D eigenvalue weighted by Crippen LogP contribution is 2.32. The molecule has 158 valence electrons. The maximum absolute atomic E-state index is 12.8. The first-order valence-corrected chi connectivity index (χ1v) is 8.86. The second-order valence-corrected chi connectivity index (χ2v) is 6.40. The number of methoxy groups -OCH3 is 1. The topological polar surface area (TPSA) is 81.8 Å². The number of aromatic nitrogens is 1. The Morgan fingerprint density at radius 3 is 2.70 bits per heavy atom. The molecule has 3 aromatic rings. The Morgan fingerprint density at radius 1 is 1.20 bits per heavy atom. The predicted molar refractivity (Wildman–Crippen MR) is 99.4 cm³/mol. The van der Waals surface area contributed by atoms with Gasteiger partial charge in [-0.1, -0.05) is 18.2 Å². The van der Waals surface area contributed by atoms with Crippen LogP contribution in [0.1, 0.15) is 16.8 Å². The lowest BCUT2D eigenvalue weighted by molar-refractivity contribution is -0.154. The van der Waals surface area contributed by atoms with E-state index in [9.17, 15) is 23.1 Å². The van der Waals surface area contributed by atoms with Gasteiger partial charge in [-0.05, 0) is 35.9 Å². The zero-order valence-corrected chi connectivity index (χ0v) is 15.8. The smallest absolute Gasteiger partial charge is 0.416 e. The summed E-state index contributed by atoms with van der Waals surface area (Å²) in [7, 11) is 1.51. The van der Waals surface area contributed by atoms with Crippen molar-refractivity contribution in [2.24, 2.45) is 0 Å². The molecule has 0 amide bonds. The summed E-state index contributed by atoms with van der Waals surface area (Å²) in [5.41, 5.74) is 0.198. The molecule has 0 aliphatic rings. The molecule has 1 aromatic heterocycles. The molecule has 6 nitrogen and oxygen atoms in total. The average Bonchev–Trinajstić information content (AvgIpc) is 3.20. The van der Waals surface area contributed by atoms with E-state index in [1.165, 1.54) is 25.5 Å². The highest BCUT2D eigenvalue weighted by atomic mass is 19.4. The number of rotatable bonds is 7. The number of alkyl halides is 3. The quantitative estimate of drug-likeness (QED) is 0.581. The molecule has 0 saturated carbocycles. The number of oxazole rings is 1. The van der Waals surface area contributed by atoms with Crippen molar-refractivity contribution in [3.63, 3.8) is 0 Å². The summed E-state index contributed by atoms with van der Waals surface area (Å²) in [6, 6.07) is 11.4. The monoisotopic (exact) mass is 421 g/mol. The van der Waals surface area contributed by atoms with Crippen molar-refractivity contribution in [2.45, 2.75) is 25.3 Å². The van der Waals surface area contributed by atoms with Crippen LogP contribution in [0.5, 0.6) is 5.75 Å². The number of aliphatic hydroxyl groups is 1. The molecule has 0 radical (unpaired) electrons. The summed E-state index contributed by atoms with van der Waals surface area (Å²) >= 11 is 0. The van der Waals surface area contributed by atoms with E-state index in [0.29, 0.717) is 11.3 Å². The molecule has 0 bridgehead atoms. The second kappa shape index (κ2) is 9.00. The van der Waals surface area contributed by atoms with Gasteiger partial charge in [0.1, 0.15) is 24.3 Å². The van der Waals surface area contributed by atoms with Gasteiger partial charge in [0.25, 0.3) is 0 Å². The van der Waals surface area contributed by atoms with E-state index in [-0.39, 0.29) is 30.2 Å². The van der Waals surface area contributed by atoms with Crippen molar-refractivity contribution in [1.29, 1.82) is 0 Å². The summed E-state index contributed by atoms with van der Waals surface area (Å²) in [4.78, 5) is 16.1. The first-order chi connectivity index (χ1) is 14.3. The molecule has 2 aromatic carbocycles. The van der Waals surface area contributed by atoms with Gasteiger partial charge < -0.3 is 19.0 Å². The molecule has 1 N–H and O–H groups in total. The van der Waals surface area contributed by atoms with E-state index in [0.717, 1.165) is 12.1 Å². The summed E-state index contributed by atoms with van der Waals surface area (Å²) in [6.45, 7) is -0.295.